The second kappa shape index (κ2) is 13.3. The summed E-state index contributed by atoms with van der Waals surface area (Å²) in [6.45, 7) is 3.21. The van der Waals surface area contributed by atoms with Gasteiger partial charge >= 0.3 is 5.97 Å². The molecule has 0 aromatic heterocycles. The maximum atomic E-state index is 13.8. The van der Waals surface area contributed by atoms with Gasteiger partial charge in [-0.05, 0) is 23.3 Å². The monoisotopic (exact) mass is 677 g/mol. The third-order valence-electron chi connectivity index (χ3n) is 7.51. The van der Waals surface area contributed by atoms with E-state index in [1.807, 2.05) is 0 Å². The first-order valence-electron chi connectivity index (χ1n) is 13.0. The minimum Gasteiger partial charge on any atom is -0.454 e. The average Bonchev–Trinajstić information content (AvgIpc) is 3.40. The topological polar surface area (TPSA) is 128 Å². The van der Waals surface area contributed by atoms with Gasteiger partial charge in [-0.3, -0.25) is 14.4 Å². The van der Waals surface area contributed by atoms with Crippen molar-refractivity contribution in [2.24, 2.45) is 0 Å². The van der Waals surface area contributed by atoms with E-state index in [0.29, 0.717) is 15.9 Å². The first-order valence-corrected chi connectivity index (χ1v) is 14.5. The van der Waals surface area contributed by atoms with Crippen LogP contribution in [0.15, 0.2) is 12.1 Å². The Morgan fingerprint density at radius 2 is 1.70 bits per heavy atom. The zero-order chi connectivity index (χ0) is 29.1. The second-order valence-corrected chi connectivity index (χ2v) is 10.9. The highest BCUT2D eigenvalue weighted by Gasteiger charge is 2.50. The number of benzene rings is 1. The molecule has 8 atom stereocenters. The number of nitrogens with zero attached hydrogens (tertiary/aromatic N) is 1. The number of amides is 1. The van der Waals surface area contributed by atoms with Crippen LogP contribution < -0.4 is 9.47 Å². The molecule has 3 heterocycles. The number of hydrogen-bond acceptors (Lipinski definition) is 11. The predicted octanol–water partition coefficient (Wildman–Crippen LogP) is 1.97. The molecule has 40 heavy (non-hydrogen) atoms. The standard InChI is InChI=1S/C27H36INO11/c1-13-16-8-19-18(36-12-37-19)7-15(16)11-29(3)26(32)23(38-14(2)30)20(9-17(13)31)39-27-25(35-6)24(34-5)22(33-4)21(10-28)40-27/h7-8,13,20-25,27H,9-12H2,1-6H3/t13-,20+,21+,22+,23-,24-,25+,27+/m0/s1. The molecule has 222 valence electrons. The van der Waals surface area contributed by atoms with Gasteiger partial charge in [0.2, 0.25) is 12.9 Å². The van der Waals surface area contributed by atoms with E-state index < -0.39 is 60.7 Å². The van der Waals surface area contributed by atoms with E-state index in [0.717, 1.165) is 11.1 Å². The van der Waals surface area contributed by atoms with Gasteiger partial charge in [0.25, 0.3) is 5.91 Å². The molecule has 0 spiro atoms. The molecular formula is C27H36INO11. The highest BCUT2D eigenvalue weighted by molar-refractivity contribution is 14.1. The number of esters is 1. The van der Waals surface area contributed by atoms with Crippen molar-refractivity contribution in [1.29, 1.82) is 0 Å². The van der Waals surface area contributed by atoms with Crippen LogP contribution in [0.4, 0.5) is 0 Å². The fourth-order valence-electron chi connectivity index (χ4n) is 5.42. The molecule has 1 fully saturated rings. The summed E-state index contributed by atoms with van der Waals surface area (Å²) in [5, 5.41) is 0. The van der Waals surface area contributed by atoms with Crippen LogP contribution in [0.25, 0.3) is 0 Å². The quantitative estimate of drug-likeness (QED) is 0.239. The Bertz CT molecular complexity index is 1100. The molecule has 0 aliphatic carbocycles. The molecule has 13 heteroatoms. The van der Waals surface area contributed by atoms with Crippen molar-refractivity contribution < 1.29 is 52.3 Å². The number of carbonyl (C=O) groups excluding carboxylic acids is 3. The molecule has 0 saturated carbocycles. The number of Topliss-reactive ketones (excluding diaryl/α,β-unsaturated/α-hetero) is 1. The molecule has 12 nitrogen and oxygen atoms in total. The lowest BCUT2D eigenvalue weighted by atomic mass is 9.87. The highest BCUT2D eigenvalue weighted by atomic mass is 127. The van der Waals surface area contributed by atoms with Gasteiger partial charge in [-0.1, -0.05) is 29.5 Å². The maximum Gasteiger partial charge on any atom is 0.303 e. The fraction of sp³-hybridized carbons (Fsp3) is 0.667. The number of fused-ring (bicyclic) bond motifs is 2. The van der Waals surface area contributed by atoms with Crippen LogP contribution in [0.1, 0.15) is 37.3 Å². The molecule has 1 aromatic rings. The Morgan fingerprint density at radius 3 is 2.30 bits per heavy atom. The van der Waals surface area contributed by atoms with Gasteiger partial charge in [0.05, 0.1) is 6.10 Å². The van der Waals surface area contributed by atoms with E-state index >= 15 is 0 Å². The Morgan fingerprint density at radius 1 is 1.05 bits per heavy atom. The maximum absolute atomic E-state index is 13.8. The number of ketones is 1. The SMILES string of the molecule is CO[C@@H]1[C@@H](OC)[C@H](O[C@@H]2CC(=O)[C@@H](C)c3cc4c(cc3CN(C)C(=O)[C@H]2OC(C)=O)OCO4)O[C@H](CI)[C@H]1OC. The number of likely N-dealkylation sites (N-methyl/N-ethyl adjacent to an activating group) is 1. The third kappa shape index (κ3) is 6.23. The Hall–Kier alpha value is -2.04. The molecular weight excluding hydrogens is 641 g/mol. The molecule has 1 amide bonds. The number of halogens is 1. The summed E-state index contributed by atoms with van der Waals surface area (Å²) in [4.78, 5) is 41.1. The van der Waals surface area contributed by atoms with Crippen LogP contribution in [-0.2, 0) is 49.3 Å². The van der Waals surface area contributed by atoms with Crippen molar-refractivity contribution in [2.45, 2.75) is 75.6 Å². The lowest BCUT2D eigenvalue weighted by Crippen LogP contribution is -2.62. The van der Waals surface area contributed by atoms with E-state index in [4.69, 9.17) is 37.9 Å². The molecule has 0 N–H and O–H groups in total. The number of carbonyl (C=O) groups is 3. The normalized spacial score (nSPS) is 32.5. The molecule has 0 unspecified atom stereocenters. The van der Waals surface area contributed by atoms with Gasteiger partial charge in [-0.25, -0.2) is 0 Å². The summed E-state index contributed by atoms with van der Waals surface area (Å²) in [6, 6.07) is 3.56. The predicted molar refractivity (Wildman–Crippen MR) is 147 cm³/mol. The summed E-state index contributed by atoms with van der Waals surface area (Å²) < 4.78 is 46.8. The molecule has 3 aliphatic heterocycles. The van der Waals surface area contributed by atoms with Crippen molar-refractivity contribution in [3.8, 4) is 11.5 Å². The van der Waals surface area contributed by atoms with Gasteiger partial charge in [-0.2, -0.15) is 0 Å². The van der Waals surface area contributed by atoms with Gasteiger partial charge in [0, 0.05) is 58.6 Å². The van der Waals surface area contributed by atoms with E-state index in [-0.39, 0.29) is 25.5 Å². The fourth-order valence-corrected chi connectivity index (χ4v) is 6.12. The molecule has 0 bridgehead atoms. The summed E-state index contributed by atoms with van der Waals surface area (Å²) in [7, 11) is 6.18. The van der Waals surface area contributed by atoms with E-state index in [2.05, 4.69) is 22.6 Å². The second-order valence-electron chi connectivity index (χ2n) is 9.99. The Balaban J connectivity index is 1.72. The lowest BCUT2D eigenvalue weighted by molar-refractivity contribution is -0.318. The van der Waals surface area contributed by atoms with Gasteiger partial charge in [0.15, 0.2) is 17.8 Å². The molecule has 4 rings (SSSR count). The number of hydrogen-bond donors (Lipinski definition) is 0. The number of methoxy groups -OCH3 is 3. The van der Waals surface area contributed by atoms with Crippen molar-refractivity contribution in [2.75, 3.05) is 39.6 Å². The van der Waals surface area contributed by atoms with Crippen molar-refractivity contribution in [3.63, 3.8) is 0 Å². The first-order chi connectivity index (χ1) is 19.1. The summed E-state index contributed by atoms with van der Waals surface area (Å²) >= 11 is 2.18. The van der Waals surface area contributed by atoms with Crippen LogP contribution in [0, 0.1) is 0 Å². The third-order valence-corrected chi connectivity index (χ3v) is 8.38. The summed E-state index contributed by atoms with van der Waals surface area (Å²) in [5.74, 6) is -0.925. The molecule has 1 saturated heterocycles. The Labute approximate surface area is 246 Å². The average molecular weight is 677 g/mol. The van der Waals surface area contributed by atoms with Gasteiger partial charge in [0.1, 0.15) is 30.2 Å². The molecule has 1 aromatic carbocycles. The van der Waals surface area contributed by atoms with Crippen LogP contribution in [0.2, 0.25) is 0 Å². The van der Waals surface area contributed by atoms with Crippen LogP contribution >= 0.6 is 22.6 Å². The lowest BCUT2D eigenvalue weighted by Gasteiger charge is -2.45. The number of alkyl halides is 1. The van der Waals surface area contributed by atoms with Gasteiger partial charge in [-0.15, -0.1) is 0 Å². The largest absolute Gasteiger partial charge is 0.454 e. The molecule has 3 aliphatic rings. The van der Waals surface area contributed by atoms with Crippen molar-refractivity contribution >= 4 is 40.3 Å². The molecule has 0 radical (unpaired) electrons. The van der Waals surface area contributed by atoms with Crippen LogP contribution in [-0.4, -0.2) is 105 Å². The van der Waals surface area contributed by atoms with E-state index in [9.17, 15) is 14.4 Å². The van der Waals surface area contributed by atoms with Crippen LogP contribution in [0.3, 0.4) is 0 Å². The summed E-state index contributed by atoms with van der Waals surface area (Å²) in [5.41, 5.74) is 1.45. The smallest absolute Gasteiger partial charge is 0.303 e. The van der Waals surface area contributed by atoms with Crippen molar-refractivity contribution in [3.05, 3.63) is 23.3 Å². The van der Waals surface area contributed by atoms with Crippen LogP contribution in [0.5, 0.6) is 11.5 Å². The zero-order valence-electron chi connectivity index (χ0n) is 23.4. The van der Waals surface area contributed by atoms with Crippen molar-refractivity contribution in [1.82, 2.24) is 4.90 Å². The van der Waals surface area contributed by atoms with E-state index in [1.165, 1.54) is 26.0 Å². The Kier molecular flexibility index (Phi) is 10.3. The van der Waals surface area contributed by atoms with E-state index in [1.54, 1.807) is 33.2 Å². The number of rotatable bonds is 7. The highest BCUT2D eigenvalue weighted by Crippen LogP contribution is 2.39. The number of ether oxygens (including phenoxy) is 8. The minimum absolute atomic E-state index is 0.0758. The summed E-state index contributed by atoms with van der Waals surface area (Å²) in [6.07, 6.45) is -6.06. The first kappa shape index (κ1) is 30.9. The zero-order valence-corrected chi connectivity index (χ0v) is 25.6. The minimum atomic E-state index is -1.41. The van der Waals surface area contributed by atoms with Gasteiger partial charge < -0.3 is 42.8 Å².